The summed E-state index contributed by atoms with van der Waals surface area (Å²) < 4.78 is 0.931. The number of nitriles is 1. The molecule has 0 fully saturated rings. The van der Waals surface area contributed by atoms with Crippen LogP contribution in [0.15, 0.2) is 35.3 Å². The first-order chi connectivity index (χ1) is 7.27. The molecule has 0 unspecified atom stereocenters. The molecule has 78 valence electrons. The quantitative estimate of drug-likeness (QED) is 0.650. The van der Waals surface area contributed by atoms with Gasteiger partial charge < -0.3 is 5.32 Å². The molecule has 0 bridgehead atoms. The molecule has 1 aromatic carbocycles. The van der Waals surface area contributed by atoms with Gasteiger partial charge in [0.05, 0.1) is 11.6 Å². The number of nitrogens with one attached hydrogen (secondary N) is 1. The SMILES string of the molecule is C=CCCCNc1ccc(C#N)cc1Br. The maximum atomic E-state index is 8.70. The van der Waals surface area contributed by atoms with Crippen LogP contribution in [0.2, 0.25) is 0 Å². The zero-order chi connectivity index (χ0) is 11.1. The highest BCUT2D eigenvalue weighted by Crippen LogP contribution is 2.23. The lowest BCUT2D eigenvalue weighted by molar-refractivity contribution is 0.890. The summed E-state index contributed by atoms with van der Waals surface area (Å²) >= 11 is 3.42. The number of hydrogen-bond donors (Lipinski definition) is 1. The lowest BCUT2D eigenvalue weighted by Gasteiger charge is -2.07. The maximum absolute atomic E-state index is 8.70. The van der Waals surface area contributed by atoms with Crippen LogP contribution in [0.5, 0.6) is 0 Å². The molecule has 0 aromatic heterocycles. The Bertz CT molecular complexity index is 380. The molecule has 1 N–H and O–H groups in total. The van der Waals surface area contributed by atoms with Crippen molar-refractivity contribution in [3.05, 3.63) is 40.9 Å². The van der Waals surface area contributed by atoms with E-state index in [0.717, 1.165) is 29.5 Å². The second kappa shape index (κ2) is 6.26. The van der Waals surface area contributed by atoms with E-state index in [1.54, 1.807) is 6.07 Å². The largest absolute Gasteiger partial charge is 0.384 e. The average Bonchev–Trinajstić information content (AvgIpc) is 2.26. The van der Waals surface area contributed by atoms with Gasteiger partial charge >= 0.3 is 0 Å². The second-order valence-corrected chi connectivity index (χ2v) is 4.02. The monoisotopic (exact) mass is 264 g/mol. The predicted molar refractivity (Wildman–Crippen MR) is 66.8 cm³/mol. The zero-order valence-electron chi connectivity index (χ0n) is 8.46. The van der Waals surface area contributed by atoms with E-state index in [2.05, 4.69) is 33.9 Å². The van der Waals surface area contributed by atoms with Crippen LogP contribution in [-0.4, -0.2) is 6.54 Å². The number of unbranched alkanes of at least 4 members (excludes halogenated alkanes) is 1. The van der Waals surface area contributed by atoms with E-state index in [1.165, 1.54) is 0 Å². The number of benzene rings is 1. The van der Waals surface area contributed by atoms with Crippen molar-refractivity contribution in [3.63, 3.8) is 0 Å². The van der Waals surface area contributed by atoms with E-state index in [-0.39, 0.29) is 0 Å². The van der Waals surface area contributed by atoms with E-state index in [0.29, 0.717) is 5.56 Å². The van der Waals surface area contributed by atoms with Crippen molar-refractivity contribution in [2.75, 3.05) is 11.9 Å². The van der Waals surface area contributed by atoms with Gasteiger partial charge in [0.2, 0.25) is 0 Å². The molecule has 2 nitrogen and oxygen atoms in total. The predicted octanol–water partition coefficient (Wildman–Crippen LogP) is 3.70. The highest BCUT2D eigenvalue weighted by molar-refractivity contribution is 9.10. The van der Waals surface area contributed by atoms with Gasteiger partial charge in [-0.25, -0.2) is 0 Å². The third-order valence-corrected chi connectivity index (χ3v) is 2.65. The molecule has 1 rings (SSSR count). The Balaban J connectivity index is 2.55. The summed E-state index contributed by atoms with van der Waals surface area (Å²) in [7, 11) is 0. The van der Waals surface area contributed by atoms with Crippen molar-refractivity contribution in [2.24, 2.45) is 0 Å². The third kappa shape index (κ3) is 3.77. The highest BCUT2D eigenvalue weighted by Gasteiger charge is 1.99. The van der Waals surface area contributed by atoms with Crippen molar-refractivity contribution in [3.8, 4) is 6.07 Å². The molecule has 15 heavy (non-hydrogen) atoms. The van der Waals surface area contributed by atoms with Crippen LogP contribution in [0, 0.1) is 11.3 Å². The minimum Gasteiger partial charge on any atom is -0.384 e. The molecule has 0 atom stereocenters. The smallest absolute Gasteiger partial charge is 0.0992 e. The zero-order valence-corrected chi connectivity index (χ0v) is 10.0. The van der Waals surface area contributed by atoms with Gasteiger partial charge in [-0.05, 0) is 47.0 Å². The van der Waals surface area contributed by atoms with Crippen LogP contribution in [0.4, 0.5) is 5.69 Å². The number of rotatable bonds is 5. The molecule has 1 aromatic rings. The van der Waals surface area contributed by atoms with Crippen LogP contribution >= 0.6 is 15.9 Å². The van der Waals surface area contributed by atoms with Crippen molar-refractivity contribution >= 4 is 21.6 Å². The first-order valence-corrected chi connectivity index (χ1v) is 5.61. The Morgan fingerprint density at radius 3 is 2.93 bits per heavy atom. The van der Waals surface area contributed by atoms with E-state index in [1.807, 2.05) is 18.2 Å². The first-order valence-electron chi connectivity index (χ1n) is 4.82. The summed E-state index contributed by atoms with van der Waals surface area (Å²) in [6.45, 7) is 4.59. The van der Waals surface area contributed by atoms with Crippen molar-refractivity contribution in [1.29, 1.82) is 5.26 Å². The van der Waals surface area contributed by atoms with Crippen LogP contribution in [0.3, 0.4) is 0 Å². The Labute approximate surface area is 98.7 Å². The van der Waals surface area contributed by atoms with Crippen molar-refractivity contribution in [1.82, 2.24) is 0 Å². The van der Waals surface area contributed by atoms with Crippen LogP contribution in [-0.2, 0) is 0 Å². The fraction of sp³-hybridized carbons (Fsp3) is 0.250. The Hall–Kier alpha value is -1.27. The molecule has 0 radical (unpaired) electrons. The van der Waals surface area contributed by atoms with Crippen LogP contribution in [0.25, 0.3) is 0 Å². The van der Waals surface area contributed by atoms with Crippen molar-refractivity contribution in [2.45, 2.75) is 12.8 Å². The van der Waals surface area contributed by atoms with Gasteiger partial charge in [0, 0.05) is 16.7 Å². The van der Waals surface area contributed by atoms with Gasteiger partial charge in [-0.15, -0.1) is 6.58 Å². The maximum Gasteiger partial charge on any atom is 0.0992 e. The summed E-state index contributed by atoms with van der Waals surface area (Å²) in [5.74, 6) is 0. The Morgan fingerprint density at radius 1 is 1.53 bits per heavy atom. The lowest BCUT2D eigenvalue weighted by atomic mass is 10.2. The molecule has 0 aliphatic rings. The molecule has 3 heteroatoms. The van der Waals surface area contributed by atoms with E-state index >= 15 is 0 Å². The summed E-state index contributed by atoms with van der Waals surface area (Å²) in [6, 6.07) is 7.64. The lowest BCUT2D eigenvalue weighted by Crippen LogP contribution is -2.01. The first kappa shape index (κ1) is 11.8. The molecule has 0 saturated heterocycles. The van der Waals surface area contributed by atoms with Gasteiger partial charge in [-0.2, -0.15) is 5.26 Å². The van der Waals surface area contributed by atoms with E-state index in [4.69, 9.17) is 5.26 Å². The molecule has 0 aliphatic carbocycles. The minimum atomic E-state index is 0.665. The number of allylic oxidation sites excluding steroid dienone is 1. The van der Waals surface area contributed by atoms with Gasteiger partial charge in [0.1, 0.15) is 0 Å². The molecular formula is C12H13BrN2. The summed E-state index contributed by atoms with van der Waals surface area (Å²) in [6.07, 6.45) is 3.99. The second-order valence-electron chi connectivity index (χ2n) is 3.16. The fourth-order valence-corrected chi connectivity index (χ4v) is 1.72. The number of halogens is 1. The highest BCUT2D eigenvalue weighted by atomic mass is 79.9. The van der Waals surface area contributed by atoms with E-state index in [9.17, 15) is 0 Å². The van der Waals surface area contributed by atoms with Gasteiger partial charge in [0.25, 0.3) is 0 Å². The third-order valence-electron chi connectivity index (χ3n) is 2.00. The standard InChI is InChI=1S/C12H13BrN2/c1-2-3-4-7-15-12-6-5-10(9-14)8-11(12)13/h2,5-6,8,15H,1,3-4,7H2. The molecule has 0 aliphatic heterocycles. The number of nitrogens with zero attached hydrogens (tertiary/aromatic N) is 1. The normalized spacial score (nSPS) is 9.33. The van der Waals surface area contributed by atoms with Crippen LogP contribution in [0.1, 0.15) is 18.4 Å². The van der Waals surface area contributed by atoms with Gasteiger partial charge in [0.15, 0.2) is 0 Å². The average molecular weight is 265 g/mol. The number of anilines is 1. The molecule has 0 spiro atoms. The molecular weight excluding hydrogens is 252 g/mol. The van der Waals surface area contributed by atoms with Gasteiger partial charge in [-0.1, -0.05) is 6.08 Å². The topological polar surface area (TPSA) is 35.8 Å². The molecule has 0 amide bonds. The van der Waals surface area contributed by atoms with Crippen molar-refractivity contribution < 1.29 is 0 Å². The molecule has 0 saturated carbocycles. The summed E-state index contributed by atoms with van der Waals surface area (Å²) in [5.41, 5.74) is 1.69. The van der Waals surface area contributed by atoms with Crippen LogP contribution < -0.4 is 5.32 Å². The summed E-state index contributed by atoms with van der Waals surface area (Å²) in [5, 5.41) is 12.0. The number of hydrogen-bond acceptors (Lipinski definition) is 2. The van der Waals surface area contributed by atoms with Gasteiger partial charge in [-0.3, -0.25) is 0 Å². The van der Waals surface area contributed by atoms with E-state index < -0.39 is 0 Å². The Kier molecular flexibility index (Phi) is 4.92. The minimum absolute atomic E-state index is 0.665. The fourth-order valence-electron chi connectivity index (χ4n) is 1.20. The summed E-state index contributed by atoms with van der Waals surface area (Å²) in [4.78, 5) is 0. The Morgan fingerprint density at radius 2 is 2.33 bits per heavy atom. The molecule has 0 heterocycles.